The molecule has 0 amide bonds. The van der Waals surface area contributed by atoms with E-state index < -0.39 is 0 Å². The number of rotatable bonds is 4. The van der Waals surface area contributed by atoms with Crippen molar-refractivity contribution in [2.75, 3.05) is 37.7 Å². The van der Waals surface area contributed by atoms with E-state index in [4.69, 9.17) is 9.47 Å². The molecule has 1 N–H and O–H groups in total. The Hall–Kier alpha value is -1.24. The highest BCUT2D eigenvalue weighted by Crippen LogP contribution is 2.35. The van der Waals surface area contributed by atoms with Crippen LogP contribution in [0.4, 0.5) is 5.95 Å². The average Bonchev–Trinajstić information content (AvgIpc) is 3.10. The molecule has 3 fully saturated rings. The summed E-state index contributed by atoms with van der Waals surface area (Å²) in [6.45, 7) is 4.73. The molecule has 1 aliphatic carbocycles. The molecule has 0 radical (unpaired) electrons. The van der Waals surface area contributed by atoms with Crippen molar-refractivity contribution in [2.24, 2.45) is 5.92 Å². The number of piperidine rings is 1. The van der Waals surface area contributed by atoms with Crippen molar-refractivity contribution in [3.05, 3.63) is 18.5 Å². The first-order chi connectivity index (χ1) is 11.8. The van der Waals surface area contributed by atoms with E-state index in [2.05, 4.69) is 20.2 Å². The standard InChI is InChI=1S/C18H28N4O2/c1-3-15(14-22(10-1)17-19-8-2-9-20-17)13-21-16-4-6-18(7-5-16)23-11-12-24-18/h2,8-9,15-16,21H,1,3-7,10-14H2. The summed E-state index contributed by atoms with van der Waals surface area (Å²) in [5.74, 6) is 1.31. The number of nitrogens with one attached hydrogen (secondary N) is 1. The number of ether oxygens (including phenoxy) is 2. The predicted molar refractivity (Wildman–Crippen MR) is 91.9 cm³/mol. The third-order valence-electron chi connectivity index (χ3n) is 5.61. The van der Waals surface area contributed by atoms with Gasteiger partial charge in [-0.05, 0) is 44.2 Å². The third-order valence-corrected chi connectivity index (χ3v) is 5.61. The molecular weight excluding hydrogens is 304 g/mol. The summed E-state index contributed by atoms with van der Waals surface area (Å²) < 4.78 is 11.6. The summed E-state index contributed by atoms with van der Waals surface area (Å²) in [4.78, 5) is 11.1. The molecule has 2 saturated heterocycles. The summed E-state index contributed by atoms with van der Waals surface area (Å²) in [5, 5.41) is 3.79. The fourth-order valence-electron chi connectivity index (χ4n) is 4.25. The zero-order valence-corrected chi connectivity index (χ0v) is 14.3. The van der Waals surface area contributed by atoms with Gasteiger partial charge in [0.25, 0.3) is 0 Å². The van der Waals surface area contributed by atoms with E-state index in [1.165, 1.54) is 12.8 Å². The van der Waals surface area contributed by atoms with Crippen LogP contribution in [0.3, 0.4) is 0 Å². The Bertz CT molecular complexity index is 511. The highest BCUT2D eigenvalue weighted by Gasteiger charge is 2.40. The second-order valence-corrected chi connectivity index (χ2v) is 7.29. The van der Waals surface area contributed by atoms with Crippen molar-refractivity contribution < 1.29 is 9.47 Å². The van der Waals surface area contributed by atoms with Gasteiger partial charge in [0, 0.05) is 44.4 Å². The fourth-order valence-corrected chi connectivity index (χ4v) is 4.25. The summed E-state index contributed by atoms with van der Waals surface area (Å²) in [6, 6.07) is 2.48. The minimum atomic E-state index is -0.246. The average molecular weight is 332 g/mol. The van der Waals surface area contributed by atoms with Crippen molar-refractivity contribution >= 4 is 5.95 Å². The molecule has 3 aliphatic rings. The molecule has 1 aromatic rings. The quantitative estimate of drug-likeness (QED) is 0.910. The molecule has 1 saturated carbocycles. The van der Waals surface area contributed by atoms with Gasteiger partial charge in [0.05, 0.1) is 13.2 Å². The molecule has 0 aromatic carbocycles. The molecule has 4 rings (SSSR count). The lowest BCUT2D eigenvalue weighted by atomic mass is 9.89. The summed E-state index contributed by atoms with van der Waals surface area (Å²) in [7, 11) is 0. The Morgan fingerprint density at radius 2 is 1.88 bits per heavy atom. The van der Waals surface area contributed by atoms with Gasteiger partial charge >= 0.3 is 0 Å². The second kappa shape index (κ2) is 7.33. The molecule has 24 heavy (non-hydrogen) atoms. The SMILES string of the molecule is c1cnc(N2CCCC(CNC3CCC4(CC3)OCCO4)C2)nc1. The van der Waals surface area contributed by atoms with Crippen LogP contribution in [0, 0.1) is 5.92 Å². The lowest BCUT2D eigenvalue weighted by Gasteiger charge is -2.37. The van der Waals surface area contributed by atoms with E-state index in [0.29, 0.717) is 12.0 Å². The number of aromatic nitrogens is 2. The predicted octanol–water partition coefficient (Wildman–Crippen LogP) is 1.97. The first-order valence-electron chi connectivity index (χ1n) is 9.36. The number of hydrogen-bond acceptors (Lipinski definition) is 6. The van der Waals surface area contributed by atoms with E-state index in [1.54, 1.807) is 0 Å². The van der Waals surface area contributed by atoms with E-state index in [1.807, 2.05) is 18.5 Å². The molecule has 1 unspecified atom stereocenters. The van der Waals surface area contributed by atoms with Crippen LogP contribution in [0.15, 0.2) is 18.5 Å². The molecule has 0 bridgehead atoms. The molecule has 6 nitrogen and oxygen atoms in total. The van der Waals surface area contributed by atoms with Gasteiger partial charge in [-0.1, -0.05) is 0 Å². The Kier molecular flexibility index (Phi) is 4.96. The van der Waals surface area contributed by atoms with Gasteiger partial charge in [0.2, 0.25) is 5.95 Å². The van der Waals surface area contributed by atoms with Crippen LogP contribution < -0.4 is 10.2 Å². The maximum absolute atomic E-state index is 5.82. The fraction of sp³-hybridized carbons (Fsp3) is 0.778. The minimum Gasteiger partial charge on any atom is -0.348 e. The van der Waals surface area contributed by atoms with Gasteiger partial charge in [-0.25, -0.2) is 9.97 Å². The Morgan fingerprint density at radius 1 is 1.12 bits per heavy atom. The maximum atomic E-state index is 5.82. The Labute approximate surface area is 143 Å². The molecule has 3 heterocycles. The Morgan fingerprint density at radius 3 is 2.62 bits per heavy atom. The molecule has 132 valence electrons. The lowest BCUT2D eigenvalue weighted by molar-refractivity contribution is -0.179. The minimum absolute atomic E-state index is 0.246. The summed E-state index contributed by atoms with van der Waals surface area (Å²) in [6.07, 6.45) is 10.5. The molecular formula is C18H28N4O2. The maximum Gasteiger partial charge on any atom is 0.225 e. The third kappa shape index (κ3) is 3.71. The van der Waals surface area contributed by atoms with E-state index in [0.717, 1.165) is 64.5 Å². The van der Waals surface area contributed by atoms with Crippen LogP contribution in [0.1, 0.15) is 38.5 Å². The van der Waals surface area contributed by atoms with Crippen molar-refractivity contribution in [1.29, 1.82) is 0 Å². The van der Waals surface area contributed by atoms with Crippen LogP contribution in [-0.4, -0.2) is 54.6 Å². The van der Waals surface area contributed by atoms with Crippen molar-refractivity contribution in [3.63, 3.8) is 0 Å². The van der Waals surface area contributed by atoms with Gasteiger partial charge in [-0.2, -0.15) is 0 Å². The van der Waals surface area contributed by atoms with E-state index in [-0.39, 0.29) is 5.79 Å². The van der Waals surface area contributed by atoms with Gasteiger partial charge < -0.3 is 19.7 Å². The summed E-state index contributed by atoms with van der Waals surface area (Å²) >= 11 is 0. The highest BCUT2D eigenvalue weighted by atomic mass is 16.7. The van der Waals surface area contributed by atoms with Crippen molar-refractivity contribution in [1.82, 2.24) is 15.3 Å². The number of anilines is 1. The highest BCUT2D eigenvalue weighted by molar-refractivity contribution is 5.29. The van der Waals surface area contributed by atoms with E-state index >= 15 is 0 Å². The molecule has 1 aromatic heterocycles. The largest absolute Gasteiger partial charge is 0.348 e. The lowest BCUT2D eigenvalue weighted by Crippen LogP contribution is -2.46. The normalized spacial score (nSPS) is 27.7. The topological polar surface area (TPSA) is 59.5 Å². The van der Waals surface area contributed by atoms with Gasteiger partial charge in [-0.3, -0.25) is 0 Å². The molecule has 1 atom stereocenters. The van der Waals surface area contributed by atoms with Gasteiger partial charge in [0.1, 0.15) is 0 Å². The zero-order valence-electron chi connectivity index (χ0n) is 14.3. The van der Waals surface area contributed by atoms with Crippen LogP contribution in [0.25, 0.3) is 0 Å². The second-order valence-electron chi connectivity index (χ2n) is 7.29. The van der Waals surface area contributed by atoms with Gasteiger partial charge in [0.15, 0.2) is 5.79 Å². The zero-order chi connectivity index (χ0) is 16.2. The summed E-state index contributed by atoms with van der Waals surface area (Å²) in [5.41, 5.74) is 0. The molecule has 2 aliphatic heterocycles. The monoisotopic (exact) mass is 332 g/mol. The van der Waals surface area contributed by atoms with Crippen molar-refractivity contribution in [3.8, 4) is 0 Å². The van der Waals surface area contributed by atoms with Crippen LogP contribution in [0.5, 0.6) is 0 Å². The smallest absolute Gasteiger partial charge is 0.225 e. The van der Waals surface area contributed by atoms with Crippen LogP contribution >= 0.6 is 0 Å². The molecule has 6 heteroatoms. The van der Waals surface area contributed by atoms with E-state index in [9.17, 15) is 0 Å². The number of nitrogens with zero attached hydrogens (tertiary/aromatic N) is 3. The first-order valence-corrected chi connectivity index (χ1v) is 9.36. The van der Waals surface area contributed by atoms with Crippen LogP contribution in [0.2, 0.25) is 0 Å². The van der Waals surface area contributed by atoms with Crippen LogP contribution in [-0.2, 0) is 9.47 Å². The molecule has 1 spiro atoms. The first kappa shape index (κ1) is 16.2. The van der Waals surface area contributed by atoms with Crippen molar-refractivity contribution in [2.45, 2.75) is 50.4 Å². The van der Waals surface area contributed by atoms with Gasteiger partial charge in [-0.15, -0.1) is 0 Å². The number of hydrogen-bond donors (Lipinski definition) is 1. The Balaban J connectivity index is 1.23.